The van der Waals surface area contributed by atoms with Crippen LogP contribution in [-0.4, -0.2) is 40.7 Å². The van der Waals surface area contributed by atoms with Gasteiger partial charge < -0.3 is 15.2 Å². The minimum Gasteiger partial charge on any atom is -0.491 e. The summed E-state index contributed by atoms with van der Waals surface area (Å²) in [6.45, 7) is 2.81. The van der Waals surface area contributed by atoms with Crippen LogP contribution in [0.2, 0.25) is 0 Å². The molecule has 18 heavy (non-hydrogen) atoms. The SMILES string of the molecule is CCOc1cnn(C2CCCC(CO)(NC)C2)c1. The minimum absolute atomic E-state index is 0.152. The smallest absolute Gasteiger partial charge is 0.157 e. The molecule has 2 atom stereocenters. The third kappa shape index (κ3) is 2.67. The standard InChI is InChI=1S/C13H23N3O2/c1-3-18-12-8-15-16(9-12)11-5-4-6-13(7-11,10-17)14-2/h8-9,11,14,17H,3-7,10H2,1-2H3. The highest BCUT2D eigenvalue weighted by Gasteiger charge is 2.35. The molecule has 0 spiro atoms. The maximum atomic E-state index is 9.58. The van der Waals surface area contributed by atoms with Gasteiger partial charge in [-0.3, -0.25) is 4.68 Å². The van der Waals surface area contributed by atoms with Crippen molar-refractivity contribution in [2.75, 3.05) is 20.3 Å². The van der Waals surface area contributed by atoms with Crippen molar-refractivity contribution in [2.45, 2.75) is 44.2 Å². The Morgan fingerprint density at radius 2 is 2.50 bits per heavy atom. The van der Waals surface area contributed by atoms with Gasteiger partial charge in [0.15, 0.2) is 5.75 Å². The lowest BCUT2D eigenvalue weighted by Crippen LogP contribution is -2.50. The number of aliphatic hydroxyl groups is 1. The predicted octanol–water partition coefficient (Wildman–Crippen LogP) is 1.35. The van der Waals surface area contributed by atoms with E-state index in [4.69, 9.17) is 4.74 Å². The fraction of sp³-hybridized carbons (Fsp3) is 0.769. The topological polar surface area (TPSA) is 59.3 Å². The van der Waals surface area contributed by atoms with Gasteiger partial charge in [-0.1, -0.05) is 0 Å². The third-order valence-electron chi connectivity index (χ3n) is 3.91. The van der Waals surface area contributed by atoms with Gasteiger partial charge in [-0.05, 0) is 39.7 Å². The van der Waals surface area contributed by atoms with Gasteiger partial charge in [0.05, 0.1) is 31.6 Å². The first kappa shape index (κ1) is 13.4. The first-order valence-electron chi connectivity index (χ1n) is 6.70. The maximum Gasteiger partial charge on any atom is 0.157 e. The van der Waals surface area contributed by atoms with Crippen molar-refractivity contribution in [1.29, 1.82) is 0 Å². The number of nitrogens with zero attached hydrogens (tertiary/aromatic N) is 2. The first-order valence-corrected chi connectivity index (χ1v) is 6.70. The number of rotatable bonds is 5. The Balaban J connectivity index is 2.07. The molecular formula is C13H23N3O2. The molecule has 1 aliphatic rings. The molecule has 0 bridgehead atoms. The lowest BCUT2D eigenvalue weighted by molar-refractivity contribution is 0.101. The Bertz CT molecular complexity index is 374. The van der Waals surface area contributed by atoms with Crippen LogP contribution in [0, 0.1) is 0 Å². The lowest BCUT2D eigenvalue weighted by atomic mass is 9.79. The zero-order chi connectivity index (χ0) is 13.0. The van der Waals surface area contributed by atoms with Crippen molar-refractivity contribution in [1.82, 2.24) is 15.1 Å². The van der Waals surface area contributed by atoms with Crippen molar-refractivity contribution >= 4 is 0 Å². The highest BCUT2D eigenvalue weighted by molar-refractivity contribution is 5.12. The van der Waals surface area contributed by atoms with E-state index in [1.165, 1.54) is 0 Å². The molecule has 5 heteroatoms. The summed E-state index contributed by atoms with van der Waals surface area (Å²) in [5.41, 5.74) is -0.152. The Labute approximate surface area is 108 Å². The van der Waals surface area contributed by atoms with E-state index in [1.54, 1.807) is 6.20 Å². The number of nitrogens with one attached hydrogen (secondary N) is 1. The van der Waals surface area contributed by atoms with Crippen LogP contribution >= 0.6 is 0 Å². The van der Waals surface area contributed by atoms with Crippen LogP contribution in [0.1, 0.15) is 38.6 Å². The van der Waals surface area contributed by atoms with Crippen LogP contribution in [0.25, 0.3) is 0 Å². The van der Waals surface area contributed by atoms with Gasteiger partial charge in [-0.2, -0.15) is 5.10 Å². The van der Waals surface area contributed by atoms with E-state index in [1.807, 2.05) is 24.9 Å². The zero-order valence-electron chi connectivity index (χ0n) is 11.2. The normalized spacial score (nSPS) is 28.3. The molecule has 1 heterocycles. The Kier molecular flexibility index (Phi) is 4.24. The molecule has 0 aliphatic heterocycles. The van der Waals surface area contributed by atoms with E-state index in [0.29, 0.717) is 12.6 Å². The molecule has 1 aromatic heterocycles. The number of aliphatic hydroxyl groups excluding tert-OH is 1. The number of aromatic nitrogens is 2. The van der Waals surface area contributed by atoms with Crippen LogP contribution in [-0.2, 0) is 0 Å². The second-order valence-electron chi connectivity index (χ2n) is 5.03. The van der Waals surface area contributed by atoms with E-state index in [2.05, 4.69) is 10.4 Å². The Hall–Kier alpha value is -1.07. The van der Waals surface area contributed by atoms with E-state index in [0.717, 1.165) is 31.4 Å². The van der Waals surface area contributed by atoms with Crippen molar-refractivity contribution < 1.29 is 9.84 Å². The van der Waals surface area contributed by atoms with E-state index < -0.39 is 0 Å². The van der Waals surface area contributed by atoms with Gasteiger partial charge in [0.2, 0.25) is 0 Å². The molecule has 2 rings (SSSR count). The average molecular weight is 253 g/mol. The average Bonchev–Trinajstić information content (AvgIpc) is 2.88. The largest absolute Gasteiger partial charge is 0.491 e. The van der Waals surface area contributed by atoms with Crippen LogP contribution in [0.15, 0.2) is 12.4 Å². The molecule has 0 amide bonds. The number of ether oxygens (including phenoxy) is 1. The third-order valence-corrected chi connectivity index (χ3v) is 3.91. The Morgan fingerprint density at radius 1 is 1.67 bits per heavy atom. The van der Waals surface area contributed by atoms with Crippen molar-refractivity contribution in [3.63, 3.8) is 0 Å². The highest BCUT2D eigenvalue weighted by atomic mass is 16.5. The van der Waals surface area contributed by atoms with Crippen LogP contribution in [0.5, 0.6) is 5.75 Å². The summed E-state index contributed by atoms with van der Waals surface area (Å²) < 4.78 is 7.41. The lowest BCUT2D eigenvalue weighted by Gasteiger charge is -2.39. The molecule has 1 aromatic rings. The Morgan fingerprint density at radius 3 is 3.17 bits per heavy atom. The number of hydrogen-bond acceptors (Lipinski definition) is 4. The van der Waals surface area contributed by atoms with Crippen molar-refractivity contribution in [2.24, 2.45) is 0 Å². The summed E-state index contributed by atoms with van der Waals surface area (Å²) >= 11 is 0. The second kappa shape index (κ2) is 5.71. The maximum absolute atomic E-state index is 9.58. The summed E-state index contributed by atoms with van der Waals surface area (Å²) in [5, 5.41) is 17.2. The van der Waals surface area contributed by atoms with Crippen molar-refractivity contribution in [3.05, 3.63) is 12.4 Å². The van der Waals surface area contributed by atoms with E-state index in [9.17, 15) is 5.11 Å². The molecule has 2 N–H and O–H groups in total. The summed E-state index contributed by atoms with van der Waals surface area (Å²) in [6, 6.07) is 0.340. The second-order valence-corrected chi connectivity index (χ2v) is 5.03. The van der Waals surface area contributed by atoms with Gasteiger partial charge >= 0.3 is 0 Å². The van der Waals surface area contributed by atoms with E-state index in [-0.39, 0.29) is 12.1 Å². The summed E-state index contributed by atoms with van der Waals surface area (Å²) in [5.74, 6) is 0.821. The zero-order valence-corrected chi connectivity index (χ0v) is 11.2. The predicted molar refractivity (Wildman–Crippen MR) is 69.8 cm³/mol. The summed E-state index contributed by atoms with van der Waals surface area (Å²) in [6.07, 6.45) is 7.87. The van der Waals surface area contributed by atoms with Gasteiger partial charge in [-0.25, -0.2) is 0 Å². The quantitative estimate of drug-likeness (QED) is 0.831. The fourth-order valence-electron chi connectivity index (χ4n) is 2.77. The molecule has 1 aliphatic carbocycles. The summed E-state index contributed by atoms with van der Waals surface area (Å²) in [7, 11) is 1.92. The monoisotopic (exact) mass is 253 g/mol. The number of hydrogen-bond donors (Lipinski definition) is 2. The first-order chi connectivity index (χ1) is 8.73. The van der Waals surface area contributed by atoms with Gasteiger partial charge in [-0.15, -0.1) is 0 Å². The minimum atomic E-state index is -0.152. The molecular weight excluding hydrogens is 230 g/mol. The fourth-order valence-corrected chi connectivity index (χ4v) is 2.77. The van der Waals surface area contributed by atoms with Gasteiger partial charge in [0.1, 0.15) is 0 Å². The van der Waals surface area contributed by atoms with Crippen LogP contribution in [0.3, 0.4) is 0 Å². The number of likely N-dealkylation sites (N-methyl/N-ethyl adjacent to an activating group) is 1. The molecule has 1 fully saturated rings. The van der Waals surface area contributed by atoms with E-state index >= 15 is 0 Å². The molecule has 2 unspecified atom stereocenters. The molecule has 102 valence electrons. The van der Waals surface area contributed by atoms with Crippen molar-refractivity contribution in [3.8, 4) is 5.75 Å². The van der Waals surface area contributed by atoms with Gasteiger partial charge in [0, 0.05) is 5.54 Å². The summed E-state index contributed by atoms with van der Waals surface area (Å²) in [4.78, 5) is 0. The molecule has 0 radical (unpaired) electrons. The molecule has 0 aromatic carbocycles. The van der Waals surface area contributed by atoms with Gasteiger partial charge in [0.25, 0.3) is 0 Å². The molecule has 0 saturated heterocycles. The molecule has 5 nitrogen and oxygen atoms in total. The van der Waals surface area contributed by atoms with Crippen LogP contribution < -0.4 is 10.1 Å². The highest BCUT2D eigenvalue weighted by Crippen LogP contribution is 2.35. The van der Waals surface area contributed by atoms with Crippen LogP contribution in [0.4, 0.5) is 0 Å². The molecule has 1 saturated carbocycles.